The number of hydrogen-bond donors (Lipinski definition) is 1. The van der Waals surface area contributed by atoms with Gasteiger partial charge in [0.15, 0.2) is 0 Å². The summed E-state index contributed by atoms with van der Waals surface area (Å²) in [5.74, 6) is -0.700. The van der Waals surface area contributed by atoms with Gasteiger partial charge in [-0.15, -0.1) is 0 Å². The third-order valence-corrected chi connectivity index (χ3v) is 3.98. The maximum Gasteiger partial charge on any atom is 0.310 e. The molecule has 1 atom stereocenters. The van der Waals surface area contributed by atoms with Crippen LogP contribution < -0.4 is 0 Å². The van der Waals surface area contributed by atoms with Crippen molar-refractivity contribution in [1.29, 1.82) is 0 Å². The average Bonchev–Trinajstić information content (AvgIpc) is 2.78. The summed E-state index contributed by atoms with van der Waals surface area (Å²) in [5, 5.41) is 0.558. The molecule has 1 aromatic heterocycles. The van der Waals surface area contributed by atoms with Crippen LogP contribution in [-0.2, 0) is 9.53 Å². The summed E-state index contributed by atoms with van der Waals surface area (Å²) in [6.07, 6.45) is 1.52. The van der Waals surface area contributed by atoms with Crippen molar-refractivity contribution in [2.45, 2.75) is 19.8 Å². The molecule has 2 heterocycles. The molecule has 1 aromatic rings. The molecule has 7 heteroatoms. The molecule has 1 aliphatic heterocycles. The van der Waals surface area contributed by atoms with E-state index in [0.29, 0.717) is 30.4 Å². The Balaban J connectivity index is 2.05. The number of halogens is 2. The van der Waals surface area contributed by atoms with Gasteiger partial charge in [0, 0.05) is 13.1 Å². The number of esters is 1. The highest BCUT2D eigenvalue weighted by molar-refractivity contribution is 6.41. The number of ether oxygens (including phenoxy) is 1. The topological polar surface area (TPSA) is 62.4 Å². The molecule has 20 heavy (non-hydrogen) atoms. The number of aromatic amines is 1. The largest absolute Gasteiger partial charge is 0.466 e. The van der Waals surface area contributed by atoms with E-state index in [9.17, 15) is 9.59 Å². The first-order chi connectivity index (χ1) is 9.52. The van der Waals surface area contributed by atoms with Gasteiger partial charge in [-0.05, 0) is 25.8 Å². The Hall–Kier alpha value is -1.20. The van der Waals surface area contributed by atoms with E-state index in [0.717, 1.165) is 12.8 Å². The quantitative estimate of drug-likeness (QED) is 0.872. The minimum Gasteiger partial charge on any atom is -0.466 e. The summed E-state index contributed by atoms with van der Waals surface area (Å²) in [6, 6.07) is 1.50. The number of likely N-dealkylation sites (tertiary alicyclic amines) is 1. The van der Waals surface area contributed by atoms with Gasteiger partial charge in [0.2, 0.25) is 0 Å². The highest BCUT2D eigenvalue weighted by Crippen LogP contribution is 2.24. The monoisotopic (exact) mass is 318 g/mol. The molecule has 0 saturated carbocycles. The lowest BCUT2D eigenvalue weighted by molar-refractivity contribution is -0.149. The van der Waals surface area contributed by atoms with Gasteiger partial charge in [0.05, 0.1) is 17.5 Å². The fourth-order valence-electron chi connectivity index (χ4n) is 2.30. The molecule has 110 valence electrons. The molecule has 0 aliphatic carbocycles. The van der Waals surface area contributed by atoms with Crippen LogP contribution in [0, 0.1) is 5.92 Å². The first-order valence-corrected chi connectivity index (χ1v) is 7.28. The van der Waals surface area contributed by atoms with Crippen LogP contribution in [0.15, 0.2) is 6.07 Å². The second kappa shape index (κ2) is 6.50. The van der Waals surface area contributed by atoms with Gasteiger partial charge >= 0.3 is 5.97 Å². The number of amides is 1. The molecule has 1 fully saturated rings. The van der Waals surface area contributed by atoms with E-state index in [1.807, 2.05) is 0 Å². The van der Waals surface area contributed by atoms with Crippen molar-refractivity contribution in [2.24, 2.45) is 5.92 Å². The third kappa shape index (κ3) is 3.27. The van der Waals surface area contributed by atoms with Gasteiger partial charge in [0.25, 0.3) is 5.91 Å². The minimum atomic E-state index is -0.256. The molecule has 0 aromatic carbocycles. The molecule has 1 N–H and O–H groups in total. The van der Waals surface area contributed by atoms with E-state index in [1.54, 1.807) is 11.8 Å². The Morgan fingerprint density at radius 1 is 1.50 bits per heavy atom. The van der Waals surface area contributed by atoms with Crippen LogP contribution in [0.5, 0.6) is 0 Å². The average molecular weight is 319 g/mol. The van der Waals surface area contributed by atoms with E-state index in [-0.39, 0.29) is 22.9 Å². The van der Waals surface area contributed by atoms with Gasteiger partial charge in [-0.3, -0.25) is 9.59 Å². The number of rotatable bonds is 3. The van der Waals surface area contributed by atoms with E-state index in [4.69, 9.17) is 27.9 Å². The Morgan fingerprint density at radius 3 is 2.85 bits per heavy atom. The van der Waals surface area contributed by atoms with E-state index >= 15 is 0 Å². The van der Waals surface area contributed by atoms with Crippen molar-refractivity contribution in [3.05, 3.63) is 21.9 Å². The van der Waals surface area contributed by atoms with Crippen molar-refractivity contribution in [2.75, 3.05) is 19.7 Å². The molecule has 0 spiro atoms. The van der Waals surface area contributed by atoms with Gasteiger partial charge in [-0.25, -0.2) is 0 Å². The predicted molar refractivity (Wildman–Crippen MR) is 76.1 cm³/mol. The Kier molecular flexibility index (Phi) is 4.94. The van der Waals surface area contributed by atoms with Crippen LogP contribution >= 0.6 is 23.2 Å². The van der Waals surface area contributed by atoms with Crippen LogP contribution in [0.25, 0.3) is 0 Å². The number of hydrogen-bond acceptors (Lipinski definition) is 3. The zero-order valence-electron chi connectivity index (χ0n) is 11.1. The first-order valence-electron chi connectivity index (χ1n) is 6.52. The highest BCUT2D eigenvalue weighted by Gasteiger charge is 2.30. The first kappa shape index (κ1) is 15.2. The standard InChI is InChI=1S/C13H16Cl2N2O3/c1-2-20-13(19)8-4-3-5-17(7-8)12(18)10-6-9(14)11(15)16-10/h6,8,16H,2-5,7H2,1H3. The normalized spacial score (nSPS) is 18.9. The van der Waals surface area contributed by atoms with Crippen LogP contribution in [0.1, 0.15) is 30.3 Å². The Labute approximate surface area is 127 Å². The molecular formula is C13H16Cl2N2O3. The van der Waals surface area contributed by atoms with Crippen LogP contribution in [-0.4, -0.2) is 41.5 Å². The molecule has 1 saturated heterocycles. The maximum absolute atomic E-state index is 12.3. The van der Waals surface area contributed by atoms with Gasteiger partial charge in [-0.1, -0.05) is 23.2 Å². The number of nitrogens with one attached hydrogen (secondary N) is 1. The van der Waals surface area contributed by atoms with Crippen LogP contribution in [0.4, 0.5) is 0 Å². The second-order valence-electron chi connectivity index (χ2n) is 4.69. The SMILES string of the molecule is CCOC(=O)C1CCCN(C(=O)c2cc(Cl)c(Cl)[nH]2)C1. The number of carbonyl (C=O) groups is 2. The summed E-state index contributed by atoms with van der Waals surface area (Å²) in [6.45, 7) is 3.10. The smallest absolute Gasteiger partial charge is 0.310 e. The number of nitrogens with zero attached hydrogens (tertiary/aromatic N) is 1. The lowest BCUT2D eigenvalue weighted by Crippen LogP contribution is -2.42. The molecular weight excluding hydrogens is 303 g/mol. The van der Waals surface area contributed by atoms with Crippen LogP contribution in [0.3, 0.4) is 0 Å². The van der Waals surface area contributed by atoms with Crippen molar-refractivity contribution in [3.8, 4) is 0 Å². The van der Waals surface area contributed by atoms with Gasteiger partial charge in [0.1, 0.15) is 10.8 Å². The van der Waals surface area contributed by atoms with E-state index in [1.165, 1.54) is 6.07 Å². The summed E-state index contributed by atoms with van der Waals surface area (Å²) in [4.78, 5) is 28.4. The molecule has 0 bridgehead atoms. The van der Waals surface area contributed by atoms with E-state index < -0.39 is 0 Å². The fraction of sp³-hybridized carbons (Fsp3) is 0.538. The number of aromatic nitrogens is 1. The zero-order chi connectivity index (χ0) is 14.7. The van der Waals surface area contributed by atoms with Gasteiger partial charge < -0.3 is 14.6 Å². The number of piperidine rings is 1. The summed E-state index contributed by atoms with van der Waals surface area (Å²) >= 11 is 11.6. The predicted octanol–water partition coefficient (Wildman–Crippen LogP) is 2.74. The Bertz CT molecular complexity index is 496. The summed E-state index contributed by atoms with van der Waals surface area (Å²) < 4.78 is 5.01. The molecule has 1 aliphatic rings. The lowest BCUT2D eigenvalue weighted by Gasteiger charge is -2.31. The second-order valence-corrected chi connectivity index (χ2v) is 5.47. The summed E-state index contributed by atoms with van der Waals surface area (Å²) in [5.41, 5.74) is 0.338. The molecule has 0 radical (unpaired) electrons. The lowest BCUT2D eigenvalue weighted by atomic mass is 9.98. The zero-order valence-corrected chi connectivity index (χ0v) is 12.6. The summed E-state index contributed by atoms with van der Waals surface area (Å²) in [7, 11) is 0. The van der Waals surface area contributed by atoms with Crippen molar-refractivity contribution >= 4 is 35.1 Å². The van der Waals surface area contributed by atoms with Crippen LogP contribution in [0.2, 0.25) is 10.2 Å². The maximum atomic E-state index is 12.3. The molecule has 1 amide bonds. The van der Waals surface area contributed by atoms with Gasteiger partial charge in [-0.2, -0.15) is 0 Å². The minimum absolute atomic E-state index is 0.201. The molecule has 2 rings (SSSR count). The molecule has 1 unspecified atom stereocenters. The highest BCUT2D eigenvalue weighted by atomic mass is 35.5. The Morgan fingerprint density at radius 2 is 2.25 bits per heavy atom. The molecule has 5 nitrogen and oxygen atoms in total. The van der Waals surface area contributed by atoms with E-state index in [2.05, 4.69) is 4.98 Å². The number of H-pyrrole nitrogens is 1. The van der Waals surface area contributed by atoms with Crippen molar-refractivity contribution in [1.82, 2.24) is 9.88 Å². The van der Waals surface area contributed by atoms with Crippen molar-refractivity contribution < 1.29 is 14.3 Å². The number of carbonyl (C=O) groups excluding carboxylic acids is 2. The third-order valence-electron chi connectivity index (χ3n) is 3.28. The van der Waals surface area contributed by atoms with Crippen molar-refractivity contribution in [3.63, 3.8) is 0 Å². The fourth-order valence-corrected chi connectivity index (χ4v) is 2.62.